The average molecular weight is 384 g/mol. The second-order valence-corrected chi connectivity index (χ2v) is 8.55. The van der Waals surface area contributed by atoms with Gasteiger partial charge >= 0.3 is 0 Å². The minimum atomic E-state index is 0.153. The molecule has 0 atom stereocenters. The molecule has 28 heavy (non-hydrogen) atoms. The van der Waals surface area contributed by atoms with Crippen LogP contribution in [0.15, 0.2) is 12.1 Å². The van der Waals surface area contributed by atoms with Gasteiger partial charge in [0.05, 0.1) is 5.39 Å². The summed E-state index contributed by atoms with van der Waals surface area (Å²) >= 11 is 0. The Labute approximate surface area is 167 Å². The number of fused-ring (bicyclic) bond motifs is 1. The van der Waals surface area contributed by atoms with E-state index in [2.05, 4.69) is 15.7 Å². The first-order chi connectivity index (χ1) is 13.7. The van der Waals surface area contributed by atoms with Crippen molar-refractivity contribution in [1.82, 2.24) is 20.1 Å². The number of Topliss-reactive ketones (excluding diaryl/α,β-unsaturated/α-hetero) is 1. The SMILES string of the molecule is Cn1nc(C(=O)CC2CCNCC2)c2ccc(NC3CCCCCCC3)nc21. The summed E-state index contributed by atoms with van der Waals surface area (Å²) in [6, 6.07) is 4.54. The Morgan fingerprint density at radius 3 is 2.57 bits per heavy atom. The highest BCUT2D eigenvalue weighted by Crippen LogP contribution is 2.25. The number of piperidine rings is 1. The summed E-state index contributed by atoms with van der Waals surface area (Å²) < 4.78 is 1.76. The molecular weight excluding hydrogens is 350 g/mol. The molecule has 2 fully saturated rings. The van der Waals surface area contributed by atoms with E-state index in [1.54, 1.807) is 4.68 Å². The van der Waals surface area contributed by atoms with Crippen molar-refractivity contribution in [3.8, 4) is 0 Å². The number of nitrogens with one attached hydrogen (secondary N) is 2. The van der Waals surface area contributed by atoms with Crippen LogP contribution in [0.5, 0.6) is 0 Å². The van der Waals surface area contributed by atoms with Crippen molar-refractivity contribution in [2.24, 2.45) is 13.0 Å². The van der Waals surface area contributed by atoms with Gasteiger partial charge in [-0.3, -0.25) is 4.79 Å². The normalized spacial score (nSPS) is 20.0. The van der Waals surface area contributed by atoms with E-state index in [1.165, 1.54) is 44.9 Å². The Morgan fingerprint density at radius 2 is 1.82 bits per heavy atom. The number of aromatic nitrogens is 3. The van der Waals surface area contributed by atoms with Crippen LogP contribution in [0.1, 0.15) is 74.7 Å². The van der Waals surface area contributed by atoms with Crippen LogP contribution < -0.4 is 10.6 Å². The maximum absolute atomic E-state index is 12.9. The van der Waals surface area contributed by atoms with E-state index in [4.69, 9.17) is 4.98 Å². The predicted molar refractivity (Wildman–Crippen MR) is 113 cm³/mol. The zero-order valence-corrected chi connectivity index (χ0v) is 17.0. The number of pyridine rings is 1. The molecule has 0 aromatic carbocycles. The highest BCUT2D eigenvalue weighted by atomic mass is 16.1. The van der Waals surface area contributed by atoms with Crippen LogP contribution in [0.25, 0.3) is 11.0 Å². The highest BCUT2D eigenvalue weighted by molar-refractivity contribution is 6.05. The monoisotopic (exact) mass is 383 g/mol. The van der Waals surface area contributed by atoms with Crippen LogP contribution >= 0.6 is 0 Å². The number of ketones is 1. The second-order valence-electron chi connectivity index (χ2n) is 8.55. The lowest BCUT2D eigenvalue weighted by Crippen LogP contribution is -2.29. The first-order valence-electron chi connectivity index (χ1n) is 11.0. The van der Waals surface area contributed by atoms with Crippen molar-refractivity contribution in [2.75, 3.05) is 18.4 Å². The van der Waals surface area contributed by atoms with Crippen LogP contribution in [0.3, 0.4) is 0 Å². The Kier molecular flexibility index (Phi) is 6.25. The summed E-state index contributed by atoms with van der Waals surface area (Å²) in [4.78, 5) is 17.7. The second kappa shape index (κ2) is 9.03. The molecule has 152 valence electrons. The van der Waals surface area contributed by atoms with Crippen molar-refractivity contribution in [2.45, 2.75) is 70.3 Å². The fourth-order valence-electron chi connectivity index (χ4n) is 4.67. The fourth-order valence-corrected chi connectivity index (χ4v) is 4.67. The molecule has 2 N–H and O–H groups in total. The molecule has 1 saturated heterocycles. The number of aryl methyl sites for hydroxylation is 1. The summed E-state index contributed by atoms with van der Waals surface area (Å²) in [5.41, 5.74) is 1.38. The lowest BCUT2D eigenvalue weighted by atomic mass is 9.91. The average Bonchev–Trinajstić information content (AvgIpc) is 3.01. The van der Waals surface area contributed by atoms with Gasteiger partial charge in [0.25, 0.3) is 0 Å². The number of carbonyl (C=O) groups excluding carboxylic acids is 1. The minimum absolute atomic E-state index is 0.153. The van der Waals surface area contributed by atoms with Crippen molar-refractivity contribution in [1.29, 1.82) is 0 Å². The Morgan fingerprint density at radius 1 is 1.11 bits per heavy atom. The maximum Gasteiger partial charge on any atom is 0.184 e. The quantitative estimate of drug-likeness (QED) is 0.762. The molecule has 1 aliphatic heterocycles. The van der Waals surface area contributed by atoms with Crippen LogP contribution in [0.2, 0.25) is 0 Å². The summed E-state index contributed by atoms with van der Waals surface area (Å²) in [7, 11) is 1.89. The highest BCUT2D eigenvalue weighted by Gasteiger charge is 2.22. The first-order valence-corrected chi connectivity index (χ1v) is 11.0. The summed E-state index contributed by atoms with van der Waals surface area (Å²) in [6.45, 7) is 2.03. The molecule has 2 aromatic heterocycles. The molecule has 3 heterocycles. The van der Waals surface area contributed by atoms with Gasteiger partial charge in [0.15, 0.2) is 11.4 Å². The molecule has 0 unspecified atom stereocenters. The third-order valence-corrected chi connectivity index (χ3v) is 6.34. The molecule has 2 aliphatic rings. The molecule has 1 aliphatic carbocycles. The molecular formula is C22H33N5O. The molecule has 1 saturated carbocycles. The molecule has 6 heteroatoms. The van der Waals surface area contributed by atoms with Gasteiger partial charge in [0.2, 0.25) is 0 Å². The fraction of sp³-hybridized carbons (Fsp3) is 0.682. The van der Waals surface area contributed by atoms with Gasteiger partial charge < -0.3 is 10.6 Å². The Hall–Kier alpha value is -1.95. The standard InChI is InChI=1S/C22H33N5O/c1-27-22-18(21(26-27)19(28)15-16-11-13-23-14-12-16)9-10-20(25-22)24-17-7-5-3-2-4-6-8-17/h9-10,16-17,23H,2-8,11-15H2,1H3,(H,24,25). The zero-order chi connectivity index (χ0) is 19.3. The minimum Gasteiger partial charge on any atom is -0.367 e. The largest absolute Gasteiger partial charge is 0.367 e. The third-order valence-electron chi connectivity index (χ3n) is 6.34. The third kappa shape index (κ3) is 4.54. The van der Waals surface area contributed by atoms with Crippen molar-refractivity contribution >= 4 is 22.6 Å². The van der Waals surface area contributed by atoms with E-state index in [1.807, 2.05) is 19.2 Å². The van der Waals surface area contributed by atoms with Gasteiger partial charge in [-0.25, -0.2) is 9.67 Å². The number of carbonyl (C=O) groups is 1. The Bertz CT molecular complexity index is 801. The first kappa shape index (κ1) is 19.4. The van der Waals surface area contributed by atoms with E-state index >= 15 is 0 Å². The molecule has 4 rings (SSSR count). The number of hydrogen-bond donors (Lipinski definition) is 2. The zero-order valence-electron chi connectivity index (χ0n) is 17.0. The van der Waals surface area contributed by atoms with Crippen LogP contribution in [-0.4, -0.2) is 39.7 Å². The predicted octanol–water partition coefficient (Wildman–Crippen LogP) is 4.07. The van der Waals surface area contributed by atoms with Gasteiger partial charge in [0.1, 0.15) is 11.5 Å². The smallest absolute Gasteiger partial charge is 0.184 e. The topological polar surface area (TPSA) is 71.8 Å². The number of nitrogens with zero attached hydrogens (tertiary/aromatic N) is 3. The lowest BCUT2D eigenvalue weighted by molar-refractivity contribution is 0.0948. The van der Waals surface area contributed by atoms with Gasteiger partial charge in [-0.1, -0.05) is 32.1 Å². The number of rotatable bonds is 5. The number of anilines is 1. The van der Waals surface area contributed by atoms with Gasteiger partial charge in [-0.05, 0) is 56.8 Å². The summed E-state index contributed by atoms with van der Waals surface area (Å²) in [5, 5.41) is 12.4. The van der Waals surface area contributed by atoms with Gasteiger partial charge in [-0.15, -0.1) is 0 Å². The molecule has 0 spiro atoms. The van der Waals surface area contributed by atoms with Gasteiger partial charge in [-0.2, -0.15) is 5.10 Å². The van der Waals surface area contributed by atoms with E-state index in [9.17, 15) is 4.79 Å². The van der Waals surface area contributed by atoms with Crippen molar-refractivity contribution < 1.29 is 4.79 Å². The van der Waals surface area contributed by atoms with E-state index in [0.717, 1.165) is 42.8 Å². The molecule has 6 nitrogen and oxygen atoms in total. The summed E-state index contributed by atoms with van der Waals surface area (Å²) in [6.07, 6.45) is 11.8. The van der Waals surface area contributed by atoms with E-state index < -0.39 is 0 Å². The summed E-state index contributed by atoms with van der Waals surface area (Å²) in [5.74, 6) is 1.53. The van der Waals surface area contributed by atoms with Crippen LogP contribution in [-0.2, 0) is 7.05 Å². The van der Waals surface area contributed by atoms with Crippen LogP contribution in [0.4, 0.5) is 5.82 Å². The Balaban J connectivity index is 1.48. The van der Waals surface area contributed by atoms with Gasteiger partial charge in [0, 0.05) is 19.5 Å². The maximum atomic E-state index is 12.9. The molecule has 0 bridgehead atoms. The molecule has 0 radical (unpaired) electrons. The lowest BCUT2D eigenvalue weighted by Gasteiger charge is -2.21. The van der Waals surface area contributed by atoms with Crippen molar-refractivity contribution in [3.63, 3.8) is 0 Å². The van der Waals surface area contributed by atoms with E-state index in [-0.39, 0.29) is 5.78 Å². The van der Waals surface area contributed by atoms with Crippen molar-refractivity contribution in [3.05, 3.63) is 17.8 Å². The number of hydrogen-bond acceptors (Lipinski definition) is 5. The molecule has 0 amide bonds. The van der Waals surface area contributed by atoms with Crippen LogP contribution in [0, 0.1) is 5.92 Å². The molecule has 2 aromatic rings. The van der Waals surface area contributed by atoms with E-state index in [0.29, 0.717) is 24.1 Å².